The lowest BCUT2D eigenvalue weighted by atomic mass is 10.2. The average Bonchev–Trinajstić information content (AvgIpc) is 2.35. The lowest BCUT2D eigenvalue weighted by Crippen LogP contribution is -2.06. The van der Waals surface area contributed by atoms with E-state index in [-0.39, 0.29) is 17.3 Å². The zero-order chi connectivity index (χ0) is 14.9. The highest BCUT2D eigenvalue weighted by molar-refractivity contribution is 9.10. The number of aryl methyl sites for hydroxylation is 1. The highest BCUT2D eigenvalue weighted by atomic mass is 79.9. The molecule has 1 aromatic carbocycles. The summed E-state index contributed by atoms with van der Waals surface area (Å²) in [4.78, 5) is 4.13. The number of halogens is 4. The minimum atomic E-state index is -4.43. The molecule has 2 N–H and O–H groups in total. The predicted octanol–water partition coefficient (Wildman–Crippen LogP) is 4.55. The fourth-order valence-electron chi connectivity index (χ4n) is 1.51. The molecule has 0 spiro atoms. The molecule has 2 aromatic rings. The van der Waals surface area contributed by atoms with E-state index in [0.717, 1.165) is 16.6 Å². The van der Waals surface area contributed by atoms with E-state index in [1.165, 1.54) is 6.07 Å². The van der Waals surface area contributed by atoms with E-state index in [0.29, 0.717) is 5.69 Å². The van der Waals surface area contributed by atoms with Crippen molar-refractivity contribution in [1.82, 2.24) is 4.98 Å². The number of aromatic nitrogens is 1. The summed E-state index contributed by atoms with van der Waals surface area (Å²) in [6.45, 7) is 1.77. The number of nitrogen functional groups attached to an aromatic ring is 1. The lowest BCUT2D eigenvalue weighted by molar-refractivity contribution is -0.137. The van der Waals surface area contributed by atoms with Crippen molar-refractivity contribution in [1.29, 1.82) is 0 Å². The molecular formula is C13H10BrF3N2O. The van der Waals surface area contributed by atoms with Crippen LogP contribution in [-0.2, 0) is 6.18 Å². The van der Waals surface area contributed by atoms with E-state index in [4.69, 9.17) is 10.5 Å². The summed E-state index contributed by atoms with van der Waals surface area (Å²) in [7, 11) is 0. The molecule has 2 rings (SSSR count). The molecule has 0 aliphatic heterocycles. The van der Waals surface area contributed by atoms with Gasteiger partial charge >= 0.3 is 6.18 Å². The SMILES string of the molecule is Cc1nc(Oc2ccc(C(F)(F)F)cc2N)ccc1Br. The highest BCUT2D eigenvalue weighted by Gasteiger charge is 2.31. The Balaban J connectivity index is 2.28. The van der Waals surface area contributed by atoms with Crippen LogP contribution in [0.25, 0.3) is 0 Å². The Hall–Kier alpha value is -1.76. The summed E-state index contributed by atoms with van der Waals surface area (Å²) >= 11 is 3.29. The van der Waals surface area contributed by atoms with Gasteiger partial charge in [-0.2, -0.15) is 13.2 Å². The van der Waals surface area contributed by atoms with Gasteiger partial charge in [-0.05, 0) is 47.1 Å². The van der Waals surface area contributed by atoms with Gasteiger partial charge in [0, 0.05) is 10.5 Å². The monoisotopic (exact) mass is 346 g/mol. The molecule has 0 unspecified atom stereocenters. The third-order valence-electron chi connectivity index (χ3n) is 2.55. The molecule has 0 saturated heterocycles. The van der Waals surface area contributed by atoms with Crippen molar-refractivity contribution in [3.05, 3.63) is 46.1 Å². The first kappa shape index (κ1) is 14.6. The van der Waals surface area contributed by atoms with E-state index in [2.05, 4.69) is 20.9 Å². The van der Waals surface area contributed by atoms with E-state index >= 15 is 0 Å². The number of pyridine rings is 1. The second-order valence-electron chi connectivity index (χ2n) is 4.07. The van der Waals surface area contributed by atoms with Crippen molar-refractivity contribution in [2.45, 2.75) is 13.1 Å². The lowest BCUT2D eigenvalue weighted by Gasteiger charge is -2.11. The van der Waals surface area contributed by atoms with Gasteiger partial charge in [0.1, 0.15) is 0 Å². The molecule has 3 nitrogen and oxygen atoms in total. The van der Waals surface area contributed by atoms with E-state index in [1.54, 1.807) is 19.1 Å². The van der Waals surface area contributed by atoms with Gasteiger partial charge < -0.3 is 10.5 Å². The number of rotatable bonds is 2. The van der Waals surface area contributed by atoms with E-state index in [1.807, 2.05) is 0 Å². The smallest absolute Gasteiger partial charge is 0.416 e. The third kappa shape index (κ3) is 3.22. The number of benzene rings is 1. The fraction of sp³-hybridized carbons (Fsp3) is 0.154. The summed E-state index contributed by atoms with van der Waals surface area (Å²) in [6.07, 6.45) is -4.43. The number of nitrogens with zero attached hydrogens (tertiary/aromatic N) is 1. The van der Waals surface area contributed by atoms with Crippen LogP contribution in [0.4, 0.5) is 18.9 Å². The van der Waals surface area contributed by atoms with Gasteiger partial charge in [-0.25, -0.2) is 4.98 Å². The van der Waals surface area contributed by atoms with Gasteiger partial charge in [0.2, 0.25) is 5.88 Å². The Morgan fingerprint density at radius 1 is 1.20 bits per heavy atom. The normalized spacial score (nSPS) is 11.4. The topological polar surface area (TPSA) is 48.1 Å². The molecule has 0 atom stereocenters. The first-order chi connectivity index (χ1) is 9.27. The quantitative estimate of drug-likeness (QED) is 0.811. The van der Waals surface area contributed by atoms with Crippen molar-refractivity contribution in [3.8, 4) is 11.6 Å². The average molecular weight is 347 g/mol. The maximum atomic E-state index is 12.5. The largest absolute Gasteiger partial charge is 0.437 e. The summed E-state index contributed by atoms with van der Waals surface area (Å²) in [5, 5.41) is 0. The number of nitrogens with two attached hydrogens (primary N) is 1. The van der Waals surface area contributed by atoms with Gasteiger partial charge in [0.15, 0.2) is 5.75 Å². The maximum absolute atomic E-state index is 12.5. The summed E-state index contributed by atoms with van der Waals surface area (Å²) < 4.78 is 43.7. The van der Waals surface area contributed by atoms with Gasteiger partial charge in [-0.1, -0.05) is 0 Å². The number of hydrogen-bond donors (Lipinski definition) is 1. The highest BCUT2D eigenvalue weighted by Crippen LogP contribution is 2.35. The molecule has 0 radical (unpaired) electrons. The molecule has 0 amide bonds. The van der Waals surface area contributed by atoms with Crippen LogP contribution in [0.15, 0.2) is 34.8 Å². The number of alkyl halides is 3. The number of hydrogen-bond acceptors (Lipinski definition) is 3. The number of anilines is 1. The van der Waals surface area contributed by atoms with Crippen molar-refractivity contribution >= 4 is 21.6 Å². The number of ether oxygens (including phenoxy) is 1. The first-order valence-electron chi connectivity index (χ1n) is 5.55. The molecule has 0 bridgehead atoms. The van der Waals surface area contributed by atoms with Crippen molar-refractivity contribution in [2.24, 2.45) is 0 Å². The molecule has 0 saturated carbocycles. The summed E-state index contributed by atoms with van der Waals surface area (Å²) in [5.41, 5.74) is 5.36. The van der Waals surface area contributed by atoms with E-state index < -0.39 is 11.7 Å². The predicted molar refractivity (Wildman–Crippen MR) is 72.6 cm³/mol. The van der Waals surface area contributed by atoms with Crippen LogP contribution in [-0.4, -0.2) is 4.98 Å². The first-order valence-corrected chi connectivity index (χ1v) is 6.34. The zero-order valence-electron chi connectivity index (χ0n) is 10.3. The molecule has 7 heteroatoms. The van der Waals surface area contributed by atoms with Crippen LogP contribution in [0.1, 0.15) is 11.3 Å². The molecule has 0 fully saturated rings. The fourth-order valence-corrected chi connectivity index (χ4v) is 1.73. The molecule has 0 aliphatic carbocycles. The zero-order valence-corrected chi connectivity index (χ0v) is 11.9. The molecule has 20 heavy (non-hydrogen) atoms. The van der Waals surface area contributed by atoms with Gasteiger partial charge in [-0.15, -0.1) is 0 Å². The van der Waals surface area contributed by atoms with Crippen molar-refractivity contribution in [2.75, 3.05) is 5.73 Å². The Labute approximate surface area is 121 Å². The van der Waals surface area contributed by atoms with E-state index in [9.17, 15) is 13.2 Å². The van der Waals surface area contributed by atoms with Crippen LogP contribution < -0.4 is 10.5 Å². The Kier molecular flexibility index (Phi) is 3.89. The van der Waals surface area contributed by atoms with Gasteiger partial charge in [0.25, 0.3) is 0 Å². The van der Waals surface area contributed by atoms with Crippen LogP contribution in [0, 0.1) is 6.92 Å². The minimum Gasteiger partial charge on any atom is -0.437 e. The Morgan fingerprint density at radius 3 is 2.45 bits per heavy atom. The van der Waals surface area contributed by atoms with Crippen molar-refractivity contribution < 1.29 is 17.9 Å². The standard InChI is InChI=1S/C13H10BrF3N2O/c1-7-9(14)3-5-12(19-7)20-11-4-2-8(6-10(11)18)13(15,16)17/h2-6H,18H2,1H3. The molecular weight excluding hydrogens is 337 g/mol. The maximum Gasteiger partial charge on any atom is 0.416 e. The van der Waals surface area contributed by atoms with Crippen LogP contribution >= 0.6 is 15.9 Å². The van der Waals surface area contributed by atoms with Crippen LogP contribution in [0.3, 0.4) is 0 Å². The Bertz CT molecular complexity index is 644. The second kappa shape index (κ2) is 5.32. The molecule has 106 valence electrons. The molecule has 0 aliphatic rings. The minimum absolute atomic E-state index is 0.0952. The van der Waals surface area contributed by atoms with Crippen LogP contribution in [0.5, 0.6) is 11.6 Å². The third-order valence-corrected chi connectivity index (χ3v) is 3.39. The van der Waals surface area contributed by atoms with Crippen LogP contribution in [0.2, 0.25) is 0 Å². The summed E-state index contributed by atoms with van der Waals surface area (Å²) in [5.74, 6) is 0.393. The second-order valence-corrected chi connectivity index (χ2v) is 4.92. The van der Waals surface area contributed by atoms with Crippen molar-refractivity contribution in [3.63, 3.8) is 0 Å². The van der Waals surface area contributed by atoms with Gasteiger partial charge in [0.05, 0.1) is 16.9 Å². The molecule has 1 heterocycles. The van der Waals surface area contributed by atoms with Gasteiger partial charge in [-0.3, -0.25) is 0 Å². The summed E-state index contributed by atoms with van der Waals surface area (Å²) in [6, 6.07) is 6.25. The Morgan fingerprint density at radius 2 is 1.90 bits per heavy atom. The molecule has 1 aromatic heterocycles.